The van der Waals surface area contributed by atoms with Crippen molar-refractivity contribution in [2.45, 2.75) is 13.0 Å². The molecule has 5 rings (SSSR count). The third kappa shape index (κ3) is 4.62. The number of nitrogens with zero attached hydrogens (tertiary/aromatic N) is 4. The van der Waals surface area contributed by atoms with E-state index in [1.807, 2.05) is 59.2 Å². The largest absolute Gasteiger partial charge is 0.507 e. The van der Waals surface area contributed by atoms with Crippen molar-refractivity contribution in [1.82, 2.24) is 15.0 Å². The number of rotatable bonds is 7. The monoisotopic (exact) mass is 479 g/mol. The minimum absolute atomic E-state index is 0.00767. The minimum Gasteiger partial charge on any atom is -0.507 e. The first-order valence-electron chi connectivity index (χ1n) is 11.2. The van der Waals surface area contributed by atoms with Gasteiger partial charge in [-0.3, -0.25) is 14.9 Å². The van der Waals surface area contributed by atoms with E-state index in [-0.39, 0.29) is 23.9 Å². The lowest BCUT2D eigenvalue weighted by Gasteiger charge is -2.09. The molecular weight excluding hydrogens is 458 g/mol. The van der Waals surface area contributed by atoms with Gasteiger partial charge in [-0.25, -0.2) is 10.4 Å². The summed E-state index contributed by atoms with van der Waals surface area (Å²) in [6.45, 7) is 0.00767. The predicted octanol–water partition coefficient (Wildman–Crippen LogP) is 4.54. The van der Waals surface area contributed by atoms with E-state index in [1.165, 1.54) is 24.4 Å². The molecule has 0 atom stereocenters. The summed E-state index contributed by atoms with van der Waals surface area (Å²) < 4.78 is 1.86. The molecule has 0 bridgehead atoms. The zero-order chi connectivity index (χ0) is 25.1. The molecule has 9 heteroatoms. The first-order valence-corrected chi connectivity index (χ1v) is 11.2. The molecule has 0 saturated heterocycles. The van der Waals surface area contributed by atoms with Crippen LogP contribution in [0.4, 0.5) is 5.69 Å². The number of amides is 1. The number of hydrazone groups is 1. The van der Waals surface area contributed by atoms with Crippen molar-refractivity contribution in [1.29, 1.82) is 0 Å². The van der Waals surface area contributed by atoms with E-state index in [9.17, 15) is 20.0 Å². The van der Waals surface area contributed by atoms with Gasteiger partial charge < -0.3 is 9.67 Å². The maximum atomic E-state index is 12.8. The van der Waals surface area contributed by atoms with Gasteiger partial charge in [-0.05, 0) is 40.6 Å². The first-order chi connectivity index (χ1) is 17.5. The van der Waals surface area contributed by atoms with E-state index in [1.54, 1.807) is 12.1 Å². The molecule has 9 nitrogen and oxygen atoms in total. The van der Waals surface area contributed by atoms with Crippen LogP contribution in [0.25, 0.3) is 21.8 Å². The van der Waals surface area contributed by atoms with Gasteiger partial charge in [-0.2, -0.15) is 5.10 Å². The summed E-state index contributed by atoms with van der Waals surface area (Å²) in [5.41, 5.74) is 5.53. The topological polar surface area (TPSA) is 123 Å². The Morgan fingerprint density at radius 2 is 1.83 bits per heavy atom. The van der Waals surface area contributed by atoms with Crippen LogP contribution in [0.1, 0.15) is 17.0 Å². The van der Waals surface area contributed by atoms with Crippen LogP contribution >= 0.6 is 0 Å². The highest BCUT2D eigenvalue weighted by molar-refractivity contribution is 6.03. The van der Waals surface area contributed by atoms with Crippen molar-refractivity contribution < 1.29 is 14.8 Å². The number of phenolic OH excluding ortho intramolecular Hbond substituents is 1. The quantitative estimate of drug-likeness (QED) is 0.201. The van der Waals surface area contributed by atoms with E-state index in [0.717, 1.165) is 22.4 Å². The molecule has 0 fully saturated rings. The average molecular weight is 479 g/mol. The molecule has 0 spiro atoms. The summed E-state index contributed by atoms with van der Waals surface area (Å²) in [5, 5.41) is 26.5. The van der Waals surface area contributed by atoms with Crippen molar-refractivity contribution in [2.24, 2.45) is 5.10 Å². The second kappa shape index (κ2) is 9.67. The van der Waals surface area contributed by atoms with Crippen molar-refractivity contribution >= 4 is 39.6 Å². The molecule has 0 aliphatic carbocycles. The molecule has 4 aromatic carbocycles. The summed E-state index contributed by atoms with van der Waals surface area (Å²) >= 11 is 0. The molecule has 5 aromatic rings. The van der Waals surface area contributed by atoms with Crippen molar-refractivity contribution in [3.8, 4) is 5.75 Å². The fourth-order valence-electron chi connectivity index (χ4n) is 4.14. The van der Waals surface area contributed by atoms with Gasteiger partial charge in [0, 0.05) is 24.1 Å². The van der Waals surface area contributed by atoms with Gasteiger partial charge in [0.1, 0.15) is 18.1 Å². The predicted molar refractivity (Wildman–Crippen MR) is 137 cm³/mol. The number of benzene rings is 4. The lowest BCUT2D eigenvalue weighted by Crippen LogP contribution is -2.24. The second-order valence-electron chi connectivity index (χ2n) is 8.22. The average Bonchev–Trinajstić information content (AvgIpc) is 3.22. The third-order valence-corrected chi connectivity index (χ3v) is 5.86. The Bertz CT molecular complexity index is 1630. The maximum absolute atomic E-state index is 12.8. The van der Waals surface area contributed by atoms with Crippen molar-refractivity contribution in [3.63, 3.8) is 0 Å². The molecular formula is C27H21N5O4. The van der Waals surface area contributed by atoms with Crippen LogP contribution in [0.3, 0.4) is 0 Å². The highest BCUT2D eigenvalue weighted by atomic mass is 16.6. The maximum Gasteiger partial charge on any atom is 0.270 e. The molecule has 0 radical (unpaired) electrons. The second-order valence-corrected chi connectivity index (χ2v) is 8.22. The number of aromatic hydroxyl groups is 1. The van der Waals surface area contributed by atoms with Gasteiger partial charge in [0.05, 0.1) is 22.2 Å². The van der Waals surface area contributed by atoms with Gasteiger partial charge in [0.2, 0.25) is 0 Å². The highest BCUT2D eigenvalue weighted by Gasteiger charge is 2.14. The van der Waals surface area contributed by atoms with E-state index < -0.39 is 4.92 Å². The number of hydrogen-bond acceptors (Lipinski definition) is 6. The summed E-state index contributed by atoms with van der Waals surface area (Å²) in [6.07, 6.45) is 1.90. The van der Waals surface area contributed by atoms with Crippen LogP contribution < -0.4 is 5.43 Å². The Hall–Kier alpha value is -5.05. The Labute approximate surface area is 205 Å². The molecule has 2 N–H and O–H groups in total. The molecule has 1 aromatic heterocycles. The highest BCUT2D eigenvalue weighted by Crippen LogP contribution is 2.28. The van der Waals surface area contributed by atoms with Crippen LogP contribution in [0.15, 0.2) is 90.0 Å². The van der Waals surface area contributed by atoms with Gasteiger partial charge in [0.15, 0.2) is 0 Å². The van der Waals surface area contributed by atoms with Gasteiger partial charge in [-0.15, -0.1) is 0 Å². The molecule has 1 heterocycles. The molecule has 0 aliphatic heterocycles. The number of phenols is 1. The Morgan fingerprint density at radius 3 is 2.64 bits per heavy atom. The lowest BCUT2D eigenvalue weighted by atomic mass is 10.0. The van der Waals surface area contributed by atoms with Crippen LogP contribution in [0, 0.1) is 10.1 Å². The Balaban J connectivity index is 1.37. The zero-order valence-electron chi connectivity index (χ0n) is 19.0. The fourth-order valence-corrected chi connectivity index (χ4v) is 4.14. The van der Waals surface area contributed by atoms with Crippen LogP contribution in [-0.2, 0) is 17.8 Å². The van der Waals surface area contributed by atoms with Gasteiger partial charge in [0.25, 0.3) is 11.6 Å². The van der Waals surface area contributed by atoms with Gasteiger partial charge >= 0.3 is 0 Å². The van der Waals surface area contributed by atoms with Gasteiger partial charge in [-0.1, -0.05) is 48.5 Å². The number of para-hydroxylation sites is 2. The third-order valence-electron chi connectivity index (χ3n) is 5.86. The molecule has 0 aliphatic rings. The number of carbonyl (C=O) groups is 1. The lowest BCUT2D eigenvalue weighted by molar-refractivity contribution is -0.384. The smallest absolute Gasteiger partial charge is 0.270 e. The molecule has 1 amide bonds. The van der Waals surface area contributed by atoms with Crippen molar-refractivity contribution in [3.05, 3.63) is 112 Å². The number of nitro benzene ring substituents is 1. The number of nitrogens with one attached hydrogen (secondary N) is 1. The molecule has 36 heavy (non-hydrogen) atoms. The van der Waals surface area contributed by atoms with E-state index in [2.05, 4.69) is 10.5 Å². The Kier molecular flexibility index (Phi) is 6.10. The summed E-state index contributed by atoms with van der Waals surface area (Å²) in [4.78, 5) is 28.1. The van der Waals surface area contributed by atoms with E-state index in [0.29, 0.717) is 22.8 Å². The summed E-state index contributed by atoms with van der Waals surface area (Å²) in [6, 6.07) is 24.9. The minimum atomic E-state index is -0.480. The fraction of sp³-hybridized carbons (Fsp3) is 0.0741. The number of nitro groups is 1. The number of hydrogen-bond donors (Lipinski definition) is 2. The number of aromatic nitrogens is 2. The number of fused-ring (bicyclic) bond motifs is 2. The molecule has 0 saturated carbocycles. The SMILES string of the molecule is O=C(Cn1c(Cc2ccccc2)nc2ccccc21)NN=Cc1c(O)ccc2cc([N+](=O)[O-])ccc12. The molecule has 0 unspecified atom stereocenters. The summed E-state index contributed by atoms with van der Waals surface area (Å²) in [7, 11) is 0. The number of carbonyl (C=O) groups excluding carboxylic acids is 1. The van der Waals surface area contributed by atoms with E-state index >= 15 is 0 Å². The normalized spacial score (nSPS) is 11.3. The number of imidazole rings is 1. The molecule has 178 valence electrons. The van der Waals surface area contributed by atoms with E-state index in [4.69, 9.17) is 4.98 Å². The van der Waals surface area contributed by atoms with Crippen LogP contribution in [0.2, 0.25) is 0 Å². The van der Waals surface area contributed by atoms with Crippen molar-refractivity contribution in [2.75, 3.05) is 0 Å². The van der Waals surface area contributed by atoms with Crippen LogP contribution in [0.5, 0.6) is 5.75 Å². The number of non-ortho nitro benzene ring substituents is 1. The standard InChI is InChI=1S/C27H21N5O4/c33-25-13-10-19-15-20(32(35)36)11-12-21(19)22(25)16-28-30-27(34)17-31-24-9-5-4-8-23(24)29-26(31)14-18-6-2-1-3-7-18/h1-13,15-16,33H,14,17H2,(H,30,34). The van der Waals surface area contributed by atoms with Crippen LogP contribution in [-0.4, -0.2) is 31.7 Å². The summed E-state index contributed by atoms with van der Waals surface area (Å²) in [5.74, 6) is 0.342. The first kappa shape index (κ1) is 22.7. The zero-order valence-corrected chi connectivity index (χ0v) is 19.0. The Morgan fingerprint density at radius 1 is 1.06 bits per heavy atom.